The van der Waals surface area contributed by atoms with Crippen LogP contribution in [0, 0.1) is 17.9 Å². The van der Waals surface area contributed by atoms with Gasteiger partial charge in [-0.15, -0.1) is 0 Å². The van der Waals surface area contributed by atoms with E-state index in [1.807, 2.05) is 54.6 Å². The molecule has 0 aliphatic carbocycles. The Morgan fingerprint density at radius 2 is 0.909 bits per heavy atom. The van der Waals surface area contributed by atoms with E-state index in [9.17, 15) is 5.26 Å². The van der Waals surface area contributed by atoms with E-state index in [1.54, 1.807) is 0 Å². The van der Waals surface area contributed by atoms with Crippen molar-refractivity contribution in [1.82, 2.24) is 13.7 Å². The van der Waals surface area contributed by atoms with E-state index in [2.05, 4.69) is 146 Å². The van der Waals surface area contributed by atoms with Crippen molar-refractivity contribution >= 4 is 71.1 Å². The highest BCUT2D eigenvalue weighted by Crippen LogP contribution is 2.45. The van der Waals surface area contributed by atoms with Crippen molar-refractivity contribution in [3.05, 3.63) is 193 Å². The van der Waals surface area contributed by atoms with Gasteiger partial charge in [0.2, 0.25) is 5.69 Å². The number of rotatable bonds is 4. The molecule has 0 aliphatic rings. The highest BCUT2D eigenvalue weighted by molar-refractivity contribution is 6.29. The lowest BCUT2D eigenvalue weighted by Crippen LogP contribution is -2.02. The Morgan fingerprint density at radius 3 is 1.51 bits per heavy atom. The van der Waals surface area contributed by atoms with Crippen LogP contribution in [0.25, 0.3) is 98.5 Å². The molecular weight excluding hydrogens is 671 g/mol. The molecule has 0 radical (unpaired) electrons. The lowest BCUT2D eigenvalue weighted by molar-refractivity contribution is 1.16. The molecule has 3 heterocycles. The molecule has 0 N–H and O–H groups in total. The normalized spacial score (nSPS) is 11.6. The van der Waals surface area contributed by atoms with Crippen molar-refractivity contribution in [2.24, 2.45) is 0 Å². The summed E-state index contributed by atoms with van der Waals surface area (Å²) in [5.41, 5.74) is 11.7. The minimum Gasteiger partial charge on any atom is -0.318 e. The van der Waals surface area contributed by atoms with E-state index in [0.29, 0.717) is 11.3 Å². The topological polar surface area (TPSA) is 42.9 Å². The predicted molar refractivity (Wildman–Crippen MR) is 226 cm³/mol. The summed E-state index contributed by atoms with van der Waals surface area (Å²) in [4.78, 5) is 4.05. The Kier molecular flexibility index (Phi) is 6.61. The number of benzene rings is 8. The molecule has 5 heteroatoms. The summed E-state index contributed by atoms with van der Waals surface area (Å²) in [6, 6.07) is 63.3. The van der Waals surface area contributed by atoms with Crippen LogP contribution in [0.2, 0.25) is 0 Å². The Morgan fingerprint density at radius 1 is 0.418 bits per heavy atom. The van der Waals surface area contributed by atoms with Crippen molar-refractivity contribution in [3.8, 4) is 34.3 Å². The van der Waals surface area contributed by atoms with Gasteiger partial charge in [-0.3, -0.25) is 0 Å². The zero-order valence-corrected chi connectivity index (χ0v) is 29.5. The molecule has 0 amide bonds. The van der Waals surface area contributed by atoms with E-state index in [4.69, 9.17) is 6.57 Å². The van der Waals surface area contributed by atoms with Gasteiger partial charge in [0.15, 0.2) is 0 Å². The SMILES string of the molecule is [C-]#[N+]c1cccc(-c2cccc(-n3c4ccccc4c4c5c6ccccc6n(-c6ccccc6)c5ccc43)c2C#N)c1-n1c2ccccc2c2ccccc21. The second-order valence-electron chi connectivity index (χ2n) is 13.9. The Bertz CT molecular complexity index is 3400. The van der Waals surface area contributed by atoms with Crippen molar-refractivity contribution in [1.29, 1.82) is 5.26 Å². The molecule has 11 aromatic rings. The minimum atomic E-state index is 0.521. The van der Waals surface area contributed by atoms with Crippen molar-refractivity contribution in [2.45, 2.75) is 0 Å². The highest BCUT2D eigenvalue weighted by atomic mass is 15.0. The average Bonchev–Trinajstić information content (AvgIpc) is 3.89. The number of nitrogens with zero attached hydrogens (tertiary/aromatic N) is 5. The van der Waals surface area contributed by atoms with Gasteiger partial charge in [0.25, 0.3) is 0 Å². The van der Waals surface area contributed by atoms with Gasteiger partial charge in [-0.25, -0.2) is 4.85 Å². The summed E-state index contributed by atoms with van der Waals surface area (Å²) < 4.78 is 6.79. The lowest BCUT2D eigenvalue weighted by Gasteiger charge is -2.19. The summed E-state index contributed by atoms with van der Waals surface area (Å²) in [6.07, 6.45) is 0. The van der Waals surface area contributed by atoms with Gasteiger partial charge in [-0.2, -0.15) is 5.26 Å². The first-order valence-corrected chi connectivity index (χ1v) is 18.3. The molecule has 11 rings (SSSR count). The van der Waals surface area contributed by atoms with Crippen LogP contribution in [-0.4, -0.2) is 13.7 Å². The molecule has 0 saturated heterocycles. The maximum atomic E-state index is 11.2. The number of hydrogen-bond acceptors (Lipinski definition) is 1. The third-order valence-electron chi connectivity index (χ3n) is 11.1. The molecule has 0 aliphatic heterocycles. The van der Waals surface area contributed by atoms with Crippen LogP contribution in [0.3, 0.4) is 0 Å². The van der Waals surface area contributed by atoms with Gasteiger partial charge in [0.1, 0.15) is 6.07 Å². The monoisotopic (exact) mass is 699 g/mol. The maximum absolute atomic E-state index is 11.2. The van der Waals surface area contributed by atoms with Crippen LogP contribution in [0.5, 0.6) is 0 Å². The molecule has 0 spiro atoms. The maximum Gasteiger partial charge on any atom is 0.211 e. The van der Waals surface area contributed by atoms with Crippen molar-refractivity contribution in [2.75, 3.05) is 0 Å². The predicted octanol–water partition coefficient (Wildman–Crippen LogP) is 13.1. The van der Waals surface area contributed by atoms with Gasteiger partial charge in [0.05, 0.1) is 56.6 Å². The second kappa shape index (κ2) is 11.8. The fraction of sp³-hybridized carbons (Fsp3) is 0. The van der Waals surface area contributed by atoms with E-state index < -0.39 is 0 Å². The number of aromatic nitrogens is 3. The van der Waals surface area contributed by atoms with E-state index >= 15 is 0 Å². The smallest absolute Gasteiger partial charge is 0.211 e. The zero-order valence-electron chi connectivity index (χ0n) is 29.5. The number of para-hydroxylation sites is 6. The van der Waals surface area contributed by atoms with E-state index in [-0.39, 0.29) is 0 Å². The lowest BCUT2D eigenvalue weighted by atomic mass is 9.96. The quantitative estimate of drug-likeness (QED) is 0.169. The molecule has 0 atom stereocenters. The van der Waals surface area contributed by atoms with Crippen LogP contribution in [0.4, 0.5) is 5.69 Å². The van der Waals surface area contributed by atoms with E-state index in [0.717, 1.165) is 82.8 Å². The molecule has 55 heavy (non-hydrogen) atoms. The molecule has 0 fully saturated rings. The van der Waals surface area contributed by atoms with Crippen LogP contribution >= 0.6 is 0 Å². The van der Waals surface area contributed by atoms with E-state index in [1.165, 1.54) is 10.8 Å². The van der Waals surface area contributed by atoms with Gasteiger partial charge in [-0.05, 0) is 60.2 Å². The third-order valence-corrected chi connectivity index (χ3v) is 11.1. The zero-order chi connectivity index (χ0) is 36.6. The molecule has 0 saturated carbocycles. The highest BCUT2D eigenvalue weighted by Gasteiger charge is 2.24. The molecule has 0 unspecified atom stereocenters. The second-order valence-corrected chi connectivity index (χ2v) is 13.9. The first-order valence-electron chi connectivity index (χ1n) is 18.3. The van der Waals surface area contributed by atoms with Crippen LogP contribution in [0.1, 0.15) is 5.56 Å². The fourth-order valence-electron chi connectivity index (χ4n) is 8.94. The fourth-order valence-corrected chi connectivity index (χ4v) is 8.94. The van der Waals surface area contributed by atoms with Crippen LogP contribution in [0.15, 0.2) is 176 Å². The Hall–Kier alpha value is -7.86. The van der Waals surface area contributed by atoms with Gasteiger partial charge >= 0.3 is 0 Å². The number of hydrogen-bond donors (Lipinski definition) is 0. The number of nitriles is 1. The van der Waals surface area contributed by atoms with Crippen molar-refractivity contribution in [3.63, 3.8) is 0 Å². The standard InChI is InChI=1S/C50H29N5/c1-52-40-23-13-22-36(50(40)55-41-24-9-5-17-34(41)35-18-6-10-25-42(35)55)33-21-14-28-45(39(33)31-51)54-44-27-12-8-20-38(44)49-47(54)30-29-46-48(49)37-19-7-11-26-43(37)53(46)32-15-3-2-4-16-32/h2-30H. The third kappa shape index (κ3) is 4.27. The van der Waals surface area contributed by atoms with Gasteiger partial charge in [-0.1, -0.05) is 121 Å². The molecule has 254 valence electrons. The Balaban J connectivity index is 1.23. The van der Waals surface area contributed by atoms with Gasteiger partial charge in [0, 0.05) is 43.6 Å². The molecule has 0 bridgehead atoms. The summed E-state index contributed by atoms with van der Waals surface area (Å²) >= 11 is 0. The van der Waals surface area contributed by atoms with Crippen LogP contribution < -0.4 is 0 Å². The average molecular weight is 700 g/mol. The first kappa shape index (κ1) is 30.7. The summed E-state index contributed by atoms with van der Waals surface area (Å²) in [7, 11) is 0. The number of fused-ring (bicyclic) bond motifs is 10. The summed E-state index contributed by atoms with van der Waals surface area (Å²) in [5, 5.41) is 18.1. The minimum absolute atomic E-state index is 0.521. The summed E-state index contributed by atoms with van der Waals surface area (Å²) in [6.45, 7) is 8.32. The first-order chi connectivity index (χ1) is 27.3. The Labute approximate surface area is 316 Å². The van der Waals surface area contributed by atoms with Crippen molar-refractivity contribution < 1.29 is 0 Å². The van der Waals surface area contributed by atoms with Crippen LogP contribution in [-0.2, 0) is 0 Å². The summed E-state index contributed by atoms with van der Waals surface area (Å²) in [5.74, 6) is 0. The molecule has 5 nitrogen and oxygen atoms in total. The molecule has 8 aromatic carbocycles. The molecular formula is C50H29N5. The largest absolute Gasteiger partial charge is 0.318 e. The molecule has 3 aromatic heterocycles. The van der Waals surface area contributed by atoms with Gasteiger partial charge < -0.3 is 13.7 Å².